The van der Waals surface area contributed by atoms with Crippen LogP contribution >= 0.6 is 0 Å². The van der Waals surface area contributed by atoms with E-state index in [2.05, 4.69) is 90.1 Å². The molecule has 4 unspecified atom stereocenters. The molecule has 0 fully saturated rings. The molecule has 172 valence electrons. The highest BCUT2D eigenvalue weighted by molar-refractivity contribution is 5.30. The molecule has 0 radical (unpaired) electrons. The Labute approximate surface area is 192 Å². The lowest BCUT2D eigenvalue weighted by molar-refractivity contribution is 0.0737. The highest BCUT2D eigenvalue weighted by Gasteiger charge is 2.14. The summed E-state index contributed by atoms with van der Waals surface area (Å²) >= 11 is 0. The van der Waals surface area contributed by atoms with E-state index in [0.717, 1.165) is 26.1 Å². The SMILES string of the molecule is CCc1ccccc1C(C)CCC(C)COCC(C)CCC(C)c1ccccc1CC. The third kappa shape index (κ3) is 8.45. The molecule has 0 heterocycles. The molecule has 0 N–H and O–H groups in total. The fourth-order valence-electron chi connectivity index (χ4n) is 4.69. The summed E-state index contributed by atoms with van der Waals surface area (Å²) in [4.78, 5) is 0. The molecule has 1 nitrogen and oxygen atoms in total. The summed E-state index contributed by atoms with van der Waals surface area (Å²) in [6.07, 6.45) is 7.20. The van der Waals surface area contributed by atoms with Crippen LogP contribution in [0, 0.1) is 11.8 Å². The monoisotopic (exact) mass is 422 g/mol. The Balaban J connectivity index is 1.65. The highest BCUT2D eigenvalue weighted by Crippen LogP contribution is 2.28. The van der Waals surface area contributed by atoms with E-state index >= 15 is 0 Å². The van der Waals surface area contributed by atoms with Crippen molar-refractivity contribution in [1.82, 2.24) is 0 Å². The van der Waals surface area contributed by atoms with Crippen LogP contribution in [0.15, 0.2) is 48.5 Å². The molecular formula is C30H46O. The topological polar surface area (TPSA) is 9.23 Å². The molecule has 0 saturated heterocycles. The van der Waals surface area contributed by atoms with Gasteiger partial charge >= 0.3 is 0 Å². The summed E-state index contributed by atoms with van der Waals surface area (Å²) < 4.78 is 6.12. The largest absolute Gasteiger partial charge is 0.381 e. The van der Waals surface area contributed by atoms with Crippen LogP contribution in [0.1, 0.15) is 101 Å². The van der Waals surface area contributed by atoms with E-state index in [4.69, 9.17) is 4.74 Å². The second-order valence-corrected chi connectivity index (χ2v) is 9.81. The summed E-state index contributed by atoms with van der Waals surface area (Å²) in [5, 5.41) is 0. The molecule has 2 aromatic rings. The maximum absolute atomic E-state index is 6.12. The predicted octanol–water partition coefficient (Wildman–Crippen LogP) is 8.57. The zero-order valence-electron chi connectivity index (χ0n) is 21.0. The second-order valence-electron chi connectivity index (χ2n) is 9.81. The minimum absolute atomic E-state index is 0.624. The predicted molar refractivity (Wildman–Crippen MR) is 136 cm³/mol. The third-order valence-corrected chi connectivity index (χ3v) is 6.92. The lowest BCUT2D eigenvalue weighted by Gasteiger charge is -2.20. The number of hydrogen-bond donors (Lipinski definition) is 0. The number of ether oxygens (including phenoxy) is 1. The Morgan fingerprint density at radius 1 is 0.581 bits per heavy atom. The van der Waals surface area contributed by atoms with Crippen molar-refractivity contribution < 1.29 is 4.74 Å². The standard InChI is InChI=1S/C30H46O/c1-7-27-13-9-11-15-29(27)25(5)19-17-23(3)21-31-22-24(4)18-20-26(6)30-16-12-10-14-28(30)8-2/h9-16,23-26H,7-8,17-22H2,1-6H3. The first kappa shape index (κ1) is 25.7. The van der Waals surface area contributed by atoms with Gasteiger partial charge in [-0.05, 0) is 84.5 Å². The molecule has 0 aliphatic carbocycles. The fourth-order valence-corrected chi connectivity index (χ4v) is 4.69. The minimum atomic E-state index is 0.624. The van der Waals surface area contributed by atoms with Gasteiger partial charge in [0.25, 0.3) is 0 Å². The first-order chi connectivity index (χ1) is 15.0. The van der Waals surface area contributed by atoms with Crippen molar-refractivity contribution in [3.63, 3.8) is 0 Å². The average Bonchev–Trinajstić information content (AvgIpc) is 2.80. The van der Waals surface area contributed by atoms with Gasteiger partial charge in [0, 0.05) is 13.2 Å². The number of benzene rings is 2. The van der Waals surface area contributed by atoms with E-state index in [-0.39, 0.29) is 0 Å². The Kier molecular flexibility index (Phi) is 11.4. The molecule has 0 bridgehead atoms. The van der Waals surface area contributed by atoms with Crippen LogP contribution in [0.4, 0.5) is 0 Å². The van der Waals surface area contributed by atoms with Crippen molar-refractivity contribution in [3.8, 4) is 0 Å². The maximum atomic E-state index is 6.12. The van der Waals surface area contributed by atoms with Crippen LogP contribution in [-0.2, 0) is 17.6 Å². The van der Waals surface area contributed by atoms with Crippen molar-refractivity contribution >= 4 is 0 Å². The van der Waals surface area contributed by atoms with Crippen LogP contribution in [0.3, 0.4) is 0 Å². The van der Waals surface area contributed by atoms with Gasteiger partial charge in [-0.1, -0.05) is 90.1 Å². The van der Waals surface area contributed by atoms with Crippen molar-refractivity contribution in [1.29, 1.82) is 0 Å². The van der Waals surface area contributed by atoms with Gasteiger partial charge in [-0.2, -0.15) is 0 Å². The van der Waals surface area contributed by atoms with E-state index in [0.29, 0.717) is 23.7 Å². The second kappa shape index (κ2) is 13.7. The van der Waals surface area contributed by atoms with E-state index in [9.17, 15) is 0 Å². The van der Waals surface area contributed by atoms with E-state index in [1.54, 1.807) is 0 Å². The van der Waals surface area contributed by atoms with Gasteiger partial charge in [0.15, 0.2) is 0 Å². The molecule has 0 spiro atoms. The Hall–Kier alpha value is -1.60. The van der Waals surface area contributed by atoms with E-state index in [1.165, 1.54) is 47.9 Å². The van der Waals surface area contributed by atoms with Crippen LogP contribution < -0.4 is 0 Å². The molecule has 2 rings (SSSR count). The molecule has 0 aromatic heterocycles. The molecule has 0 aliphatic heterocycles. The lowest BCUT2D eigenvalue weighted by atomic mass is 9.88. The molecule has 1 heteroatoms. The normalized spacial score (nSPS) is 15.4. The lowest BCUT2D eigenvalue weighted by Crippen LogP contribution is -2.13. The summed E-state index contributed by atoms with van der Waals surface area (Å²) in [6, 6.07) is 17.9. The summed E-state index contributed by atoms with van der Waals surface area (Å²) in [7, 11) is 0. The van der Waals surface area contributed by atoms with Crippen LogP contribution in [-0.4, -0.2) is 13.2 Å². The molecule has 0 saturated carbocycles. The molecule has 4 atom stereocenters. The zero-order chi connectivity index (χ0) is 22.6. The molecule has 2 aromatic carbocycles. The Morgan fingerprint density at radius 3 is 1.35 bits per heavy atom. The van der Waals surface area contributed by atoms with Gasteiger partial charge in [-0.15, -0.1) is 0 Å². The van der Waals surface area contributed by atoms with Gasteiger partial charge in [0.05, 0.1) is 0 Å². The van der Waals surface area contributed by atoms with Gasteiger partial charge in [0.2, 0.25) is 0 Å². The zero-order valence-corrected chi connectivity index (χ0v) is 21.0. The van der Waals surface area contributed by atoms with Crippen LogP contribution in [0.25, 0.3) is 0 Å². The highest BCUT2D eigenvalue weighted by atomic mass is 16.5. The van der Waals surface area contributed by atoms with Gasteiger partial charge < -0.3 is 4.74 Å². The molecular weight excluding hydrogens is 376 g/mol. The smallest absolute Gasteiger partial charge is 0.0491 e. The summed E-state index contributed by atoms with van der Waals surface area (Å²) in [6.45, 7) is 15.7. The van der Waals surface area contributed by atoms with Crippen LogP contribution in [0.5, 0.6) is 0 Å². The van der Waals surface area contributed by atoms with E-state index in [1.807, 2.05) is 0 Å². The number of aryl methyl sites for hydroxylation is 2. The third-order valence-electron chi connectivity index (χ3n) is 6.92. The quantitative estimate of drug-likeness (QED) is 0.296. The van der Waals surface area contributed by atoms with Crippen molar-refractivity contribution in [3.05, 3.63) is 70.8 Å². The van der Waals surface area contributed by atoms with Gasteiger partial charge in [-0.25, -0.2) is 0 Å². The van der Waals surface area contributed by atoms with Gasteiger partial charge in [-0.3, -0.25) is 0 Å². The first-order valence-corrected chi connectivity index (χ1v) is 12.7. The van der Waals surface area contributed by atoms with Gasteiger partial charge in [0.1, 0.15) is 0 Å². The van der Waals surface area contributed by atoms with Crippen LogP contribution in [0.2, 0.25) is 0 Å². The fraction of sp³-hybridized carbons (Fsp3) is 0.600. The average molecular weight is 423 g/mol. The molecule has 31 heavy (non-hydrogen) atoms. The Bertz CT molecular complexity index is 686. The van der Waals surface area contributed by atoms with E-state index < -0.39 is 0 Å². The Morgan fingerprint density at radius 2 is 0.968 bits per heavy atom. The minimum Gasteiger partial charge on any atom is -0.381 e. The maximum Gasteiger partial charge on any atom is 0.0491 e. The summed E-state index contributed by atoms with van der Waals surface area (Å²) in [5.41, 5.74) is 6.07. The summed E-state index contributed by atoms with van der Waals surface area (Å²) in [5.74, 6) is 2.51. The molecule has 0 amide bonds. The first-order valence-electron chi connectivity index (χ1n) is 12.7. The molecule has 0 aliphatic rings. The van der Waals surface area contributed by atoms with Crippen molar-refractivity contribution in [2.75, 3.05) is 13.2 Å². The van der Waals surface area contributed by atoms with Crippen molar-refractivity contribution in [2.24, 2.45) is 11.8 Å². The number of hydrogen-bond acceptors (Lipinski definition) is 1. The van der Waals surface area contributed by atoms with Crippen molar-refractivity contribution in [2.45, 2.75) is 91.9 Å². The number of rotatable bonds is 14.